The summed E-state index contributed by atoms with van der Waals surface area (Å²) in [6.45, 7) is 0.0279. The van der Waals surface area contributed by atoms with Crippen LogP contribution in [0.1, 0.15) is 10.4 Å². The normalized spacial score (nSPS) is 10.5. The number of halogens is 2. The average Bonchev–Trinajstić information content (AvgIpc) is 2.67. The summed E-state index contributed by atoms with van der Waals surface area (Å²) in [7, 11) is 0. The molecule has 28 heavy (non-hydrogen) atoms. The number of nitrogens with one attached hydrogen (secondary N) is 2. The topological polar surface area (TPSA) is 91.6 Å². The molecular formula is C20H16Br2N2O4. The lowest BCUT2D eigenvalue weighted by atomic mass is 10.1. The Morgan fingerprint density at radius 1 is 1.04 bits per heavy atom. The number of hydrogen-bond donors (Lipinski definition) is 3. The van der Waals surface area contributed by atoms with E-state index in [4.69, 9.17) is 9.52 Å². The average molecular weight is 508 g/mol. The first-order valence-electron chi connectivity index (χ1n) is 8.33. The summed E-state index contributed by atoms with van der Waals surface area (Å²) >= 11 is 6.71. The lowest BCUT2D eigenvalue weighted by molar-refractivity contribution is 0.102. The van der Waals surface area contributed by atoms with E-state index in [0.29, 0.717) is 17.0 Å². The fourth-order valence-corrected chi connectivity index (χ4v) is 3.21. The van der Waals surface area contributed by atoms with Crippen LogP contribution in [-0.2, 0) is 0 Å². The molecule has 8 heteroatoms. The quantitative estimate of drug-likeness (QED) is 0.457. The minimum atomic E-state index is -0.771. The zero-order valence-corrected chi connectivity index (χ0v) is 17.7. The summed E-state index contributed by atoms with van der Waals surface area (Å²) in [5.41, 5.74) is 0.577. The molecule has 1 heterocycles. The minimum Gasteiger partial charge on any atom is -0.422 e. The van der Waals surface area contributed by atoms with Crippen molar-refractivity contribution in [3.05, 3.63) is 79.5 Å². The molecule has 0 radical (unpaired) electrons. The van der Waals surface area contributed by atoms with Gasteiger partial charge in [0.05, 0.1) is 12.3 Å². The van der Waals surface area contributed by atoms with Gasteiger partial charge < -0.3 is 20.2 Å². The van der Waals surface area contributed by atoms with E-state index in [9.17, 15) is 9.59 Å². The van der Waals surface area contributed by atoms with Gasteiger partial charge in [0, 0.05) is 32.8 Å². The van der Waals surface area contributed by atoms with E-state index in [0.717, 1.165) is 8.95 Å². The first kappa shape index (κ1) is 20.3. The molecule has 1 aromatic heterocycles. The van der Waals surface area contributed by atoms with Gasteiger partial charge in [0.25, 0.3) is 5.91 Å². The number of aliphatic hydroxyl groups is 1. The number of benzene rings is 2. The van der Waals surface area contributed by atoms with Gasteiger partial charge in [0.15, 0.2) is 0 Å². The number of carbonyl (C=O) groups excluding carboxylic acids is 1. The zero-order chi connectivity index (χ0) is 20.1. The van der Waals surface area contributed by atoms with Crippen molar-refractivity contribution in [2.45, 2.75) is 0 Å². The van der Waals surface area contributed by atoms with Crippen molar-refractivity contribution in [1.82, 2.24) is 0 Å². The molecule has 0 fully saturated rings. The zero-order valence-electron chi connectivity index (χ0n) is 14.5. The molecule has 3 N–H and O–H groups in total. The first-order chi connectivity index (χ1) is 13.5. The second kappa shape index (κ2) is 9.18. The molecule has 0 saturated heterocycles. The number of anilines is 2. The molecule has 0 atom stereocenters. The van der Waals surface area contributed by atoms with Gasteiger partial charge >= 0.3 is 5.63 Å². The highest BCUT2D eigenvalue weighted by atomic mass is 79.9. The van der Waals surface area contributed by atoms with Crippen LogP contribution in [0.2, 0.25) is 0 Å². The van der Waals surface area contributed by atoms with Crippen molar-refractivity contribution in [2.24, 2.45) is 0 Å². The maximum atomic E-state index is 12.7. The second-order valence-corrected chi connectivity index (χ2v) is 7.64. The summed E-state index contributed by atoms with van der Waals surface area (Å²) in [4.78, 5) is 25.3. The number of carbonyl (C=O) groups is 1. The standard InChI is InChI=1S/C20H16Br2N2O4/c21-13-4-6-15(7-5-13)24-19(26)18-16(23-8-9-25)11-17(28-20(18)27)12-2-1-3-14(22)10-12/h1-7,10-11,23,25H,8-9H2,(H,24,26). The third kappa shape index (κ3) is 4.89. The van der Waals surface area contributed by atoms with Gasteiger partial charge in [0.2, 0.25) is 0 Å². The predicted molar refractivity (Wildman–Crippen MR) is 116 cm³/mol. The molecule has 0 unspecified atom stereocenters. The fourth-order valence-electron chi connectivity index (χ4n) is 2.55. The molecule has 0 aliphatic heterocycles. The molecule has 0 bridgehead atoms. The molecule has 1 amide bonds. The maximum absolute atomic E-state index is 12.7. The highest BCUT2D eigenvalue weighted by Crippen LogP contribution is 2.26. The molecule has 0 aliphatic rings. The van der Waals surface area contributed by atoms with Crippen molar-refractivity contribution in [2.75, 3.05) is 23.8 Å². The molecule has 2 aromatic carbocycles. The Bertz CT molecular complexity index is 1050. The molecule has 0 aliphatic carbocycles. The van der Waals surface area contributed by atoms with Crippen molar-refractivity contribution in [3.63, 3.8) is 0 Å². The molecular weight excluding hydrogens is 492 g/mol. The lowest BCUT2D eigenvalue weighted by Crippen LogP contribution is -2.24. The second-order valence-electron chi connectivity index (χ2n) is 5.81. The lowest BCUT2D eigenvalue weighted by Gasteiger charge is -2.12. The number of rotatable bonds is 6. The fraction of sp³-hybridized carbons (Fsp3) is 0.100. The predicted octanol–water partition coefficient (Wildman–Crippen LogP) is 4.49. The van der Waals surface area contributed by atoms with Crippen LogP contribution < -0.4 is 16.3 Å². The number of aliphatic hydroxyl groups excluding tert-OH is 1. The Hall–Kier alpha value is -2.42. The van der Waals surface area contributed by atoms with Crippen molar-refractivity contribution < 1.29 is 14.3 Å². The highest BCUT2D eigenvalue weighted by Gasteiger charge is 2.20. The van der Waals surface area contributed by atoms with Gasteiger partial charge in [-0.1, -0.05) is 44.0 Å². The minimum absolute atomic E-state index is 0.153. The first-order valence-corrected chi connectivity index (χ1v) is 9.92. The molecule has 6 nitrogen and oxygen atoms in total. The van der Waals surface area contributed by atoms with Crippen molar-refractivity contribution in [3.8, 4) is 11.3 Å². The summed E-state index contributed by atoms with van der Waals surface area (Å²) < 4.78 is 7.10. The molecule has 0 saturated carbocycles. The van der Waals surface area contributed by atoms with E-state index in [2.05, 4.69) is 42.5 Å². The molecule has 3 aromatic rings. The summed E-state index contributed by atoms with van der Waals surface area (Å²) in [5, 5.41) is 14.7. The third-order valence-electron chi connectivity index (χ3n) is 3.82. The molecule has 3 rings (SSSR count). The Kier molecular flexibility index (Phi) is 6.66. The van der Waals surface area contributed by atoms with Crippen LogP contribution >= 0.6 is 31.9 Å². The Balaban J connectivity index is 2.00. The monoisotopic (exact) mass is 506 g/mol. The van der Waals surface area contributed by atoms with Crippen LogP contribution in [0.5, 0.6) is 0 Å². The van der Waals surface area contributed by atoms with E-state index >= 15 is 0 Å². The van der Waals surface area contributed by atoms with E-state index in [-0.39, 0.29) is 24.4 Å². The summed E-state index contributed by atoms with van der Waals surface area (Å²) in [5.74, 6) is -0.288. The Labute approximate surface area is 177 Å². The summed E-state index contributed by atoms with van der Waals surface area (Å²) in [6.07, 6.45) is 0. The van der Waals surface area contributed by atoms with Crippen molar-refractivity contribution in [1.29, 1.82) is 0 Å². The smallest absolute Gasteiger partial charge is 0.351 e. The van der Waals surface area contributed by atoms with E-state index < -0.39 is 11.5 Å². The largest absolute Gasteiger partial charge is 0.422 e. The Morgan fingerprint density at radius 2 is 1.79 bits per heavy atom. The van der Waals surface area contributed by atoms with Crippen LogP contribution in [-0.4, -0.2) is 24.2 Å². The van der Waals surface area contributed by atoms with Crippen LogP contribution in [0.4, 0.5) is 11.4 Å². The van der Waals surface area contributed by atoms with Crippen LogP contribution in [0.25, 0.3) is 11.3 Å². The number of hydrogen-bond acceptors (Lipinski definition) is 5. The van der Waals surface area contributed by atoms with Gasteiger partial charge in [-0.15, -0.1) is 0 Å². The van der Waals surface area contributed by atoms with E-state index in [1.165, 1.54) is 0 Å². The SMILES string of the molecule is O=C(Nc1ccc(Br)cc1)c1c(NCCO)cc(-c2cccc(Br)c2)oc1=O. The van der Waals surface area contributed by atoms with Crippen LogP contribution in [0.3, 0.4) is 0 Å². The van der Waals surface area contributed by atoms with Crippen molar-refractivity contribution >= 4 is 49.1 Å². The van der Waals surface area contributed by atoms with E-state index in [1.54, 1.807) is 42.5 Å². The summed E-state index contributed by atoms with van der Waals surface area (Å²) in [6, 6.07) is 15.8. The molecule has 144 valence electrons. The van der Waals surface area contributed by atoms with Gasteiger partial charge in [-0.3, -0.25) is 4.79 Å². The number of amides is 1. The van der Waals surface area contributed by atoms with Crippen LogP contribution in [0.15, 0.2) is 72.8 Å². The maximum Gasteiger partial charge on any atom is 0.351 e. The Morgan fingerprint density at radius 3 is 2.46 bits per heavy atom. The van der Waals surface area contributed by atoms with Gasteiger partial charge in [-0.05, 0) is 36.4 Å². The molecule has 0 spiro atoms. The van der Waals surface area contributed by atoms with Gasteiger partial charge in [-0.2, -0.15) is 0 Å². The van der Waals surface area contributed by atoms with Crippen LogP contribution in [0, 0.1) is 0 Å². The van der Waals surface area contributed by atoms with Gasteiger partial charge in [0.1, 0.15) is 11.3 Å². The third-order valence-corrected chi connectivity index (χ3v) is 4.84. The van der Waals surface area contributed by atoms with E-state index in [1.807, 2.05) is 12.1 Å². The highest BCUT2D eigenvalue weighted by molar-refractivity contribution is 9.10. The van der Waals surface area contributed by atoms with Gasteiger partial charge in [-0.25, -0.2) is 4.79 Å².